The maximum atomic E-state index is 12.3. The van der Waals surface area contributed by atoms with E-state index in [0.29, 0.717) is 34.9 Å². The van der Waals surface area contributed by atoms with Crippen LogP contribution in [0.25, 0.3) is 5.57 Å². The Labute approximate surface area is 128 Å². The van der Waals surface area contributed by atoms with Crippen LogP contribution in [0.2, 0.25) is 5.02 Å². The van der Waals surface area contributed by atoms with Gasteiger partial charge in [-0.3, -0.25) is 0 Å². The lowest BCUT2D eigenvalue weighted by Gasteiger charge is -2.29. The number of rotatable bonds is 2. The molecule has 0 spiro atoms. The molecule has 2 aliphatic heterocycles. The van der Waals surface area contributed by atoms with Crippen LogP contribution in [0.4, 0.5) is 0 Å². The zero-order chi connectivity index (χ0) is 15.0. The summed E-state index contributed by atoms with van der Waals surface area (Å²) in [7, 11) is 0. The molecule has 1 fully saturated rings. The summed E-state index contributed by atoms with van der Waals surface area (Å²) in [5.41, 5.74) is 1.64. The van der Waals surface area contributed by atoms with Crippen LogP contribution in [0.5, 0.6) is 0 Å². The Hall–Kier alpha value is -1.36. The van der Waals surface area contributed by atoms with Crippen molar-refractivity contribution in [3.05, 3.63) is 40.4 Å². The lowest BCUT2D eigenvalue weighted by atomic mass is 9.83. The molecule has 1 saturated heterocycles. The predicted octanol–water partition coefficient (Wildman–Crippen LogP) is 2.79. The largest absolute Gasteiger partial charge is 0.426 e. The number of benzene rings is 1. The first-order valence-corrected chi connectivity index (χ1v) is 7.41. The van der Waals surface area contributed by atoms with Crippen molar-refractivity contribution in [2.75, 3.05) is 13.2 Å². The molecule has 1 aromatic rings. The van der Waals surface area contributed by atoms with Gasteiger partial charge >= 0.3 is 5.97 Å². The molecule has 0 aromatic heterocycles. The molecule has 4 nitrogen and oxygen atoms in total. The van der Waals surface area contributed by atoms with Crippen molar-refractivity contribution in [2.45, 2.75) is 25.6 Å². The number of carbonyl (C=O) groups is 1. The smallest absolute Gasteiger partial charge is 0.341 e. The fourth-order valence-corrected chi connectivity index (χ4v) is 3.35. The fraction of sp³-hybridized carbons (Fsp3) is 0.438. The van der Waals surface area contributed by atoms with E-state index in [0.717, 1.165) is 12.8 Å². The van der Waals surface area contributed by atoms with Gasteiger partial charge in [-0.1, -0.05) is 29.8 Å². The minimum Gasteiger partial charge on any atom is -0.426 e. The van der Waals surface area contributed by atoms with Gasteiger partial charge in [0.05, 0.1) is 5.57 Å². The molecule has 0 radical (unpaired) electrons. The predicted molar refractivity (Wildman–Crippen MR) is 78.6 cm³/mol. The van der Waals surface area contributed by atoms with E-state index in [1.54, 1.807) is 18.2 Å². The molecule has 0 aliphatic carbocycles. The molecule has 112 valence electrons. The Morgan fingerprint density at radius 1 is 1.29 bits per heavy atom. The average Bonchev–Trinajstić information content (AvgIpc) is 2.69. The number of hydrogen-bond donors (Lipinski definition) is 1. The molecule has 1 aromatic carbocycles. The van der Waals surface area contributed by atoms with Gasteiger partial charge in [-0.2, -0.15) is 0 Å². The second-order valence-electron chi connectivity index (χ2n) is 5.53. The highest BCUT2D eigenvalue weighted by atomic mass is 35.5. The van der Waals surface area contributed by atoms with Gasteiger partial charge < -0.3 is 14.6 Å². The molecule has 2 heterocycles. The minimum atomic E-state index is -1.58. The minimum absolute atomic E-state index is 0.0615. The number of carbonyl (C=O) groups excluding carboxylic acids is 1. The monoisotopic (exact) mass is 308 g/mol. The van der Waals surface area contributed by atoms with Crippen LogP contribution in [0.15, 0.2) is 29.8 Å². The highest BCUT2D eigenvalue weighted by Crippen LogP contribution is 2.44. The van der Waals surface area contributed by atoms with Crippen molar-refractivity contribution in [3.8, 4) is 0 Å². The molecular weight excluding hydrogens is 292 g/mol. The van der Waals surface area contributed by atoms with Gasteiger partial charge in [-0.25, -0.2) is 4.79 Å². The highest BCUT2D eigenvalue weighted by Gasteiger charge is 2.46. The number of esters is 1. The van der Waals surface area contributed by atoms with Gasteiger partial charge in [-0.15, -0.1) is 0 Å². The Morgan fingerprint density at radius 3 is 2.62 bits per heavy atom. The van der Waals surface area contributed by atoms with Crippen molar-refractivity contribution < 1.29 is 19.4 Å². The first kappa shape index (κ1) is 14.6. The summed E-state index contributed by atoms with van der Waals surface area (Å²) in [6.45, 7) is 2.75. The molecule has 0 amide bonds. The third-order valence-electron chi connectivity index (χ3n) is 4.04. The summed E-state index contributed by atoms with van der Waals surface area (Å²) < 4.78 is 10.5. The number of aliphatic hydroxyl groups is 1. The van der Waals surface area contributed by atoms with Crippen LogP contribution in [0.1, 0.15) is 25.3 Å². The van der Waals surface area contributed by atoms with Crippen molar-refractivity contribution in [3.63, 3.8) is 0 Å². The van der Waals surface area contributed by atoms with Crippen LogP contribution in [-0.4, -0.2) is 30.1 Å². The Morgan fingerprint density at radius 2 is 1.95 bits per heavy atom. The highest BCUT2D eigenvalue weighted by molar-refractivity contribution is 6.35. The van der Waals surface area contributed by atoms with Gasteiger partial charge in [0.15, 0.2) is 0 Å². The van der Waals surface area contributed by atoms with E-state index in [-0.39, 0.29) is 5.92 Å². The standard InChI is InChI=1S/C16H17ClO4/c1-16(19)14(10-6-8-20-9-7-10)13(15(18)21-16)11-4-2-3-5-12(11)17/h2-5,10,19H,6-9H2,1H3. The fourth-order valence-electron chi connectivity index (χ4n) is 3.12. The Bertz CT molecular complexity index is 600. The van der Waals surface area contributed by atoms with Gasteiger partial charge in [0.25, 0.3) is 0 Å². The topological polar surface area (TPSA) is 55.8 Å². The van der Waals surface area contributed by atoms with E-state index in [1.165, 1.54) is 6.92 Å². The van der Waals surface area contributed by atoms with Crippen molar-refractivity contribution in [2.24, 2.45) is 5.92 Å². The van der Waals surface area contributed by atoms with Crippen molar-refractivity contribution in [1.29, 1.82) is 0 Å². The summed E-state index contributed by atoms with van der Waals surface area (Å²) in [4.78, 5) is 12.3. The molecule has 1 N–H and O–H groups in total. The molecule has 1 unspecified atom stereocenters. The third kappa shape index (κ3) is 2.59. The number of halogens is 1. The maximum Gasteiger partial charge on any atom is 0.341 e. The van der Waals surface area contributed by atoms with E-state index >= 15 is 0 Å². The quantitative estimate of drug-likeness (QED) is 0.854. The molecule has 5 heteroatoms. The van der Waals surface area contributed by atoms with Crippen molar-refractivity contribution in [1.82, 2.24) is 0 Å². The lowest BCUT2D eigenvalue weighted by Crippen LogP contribution is -2.33. The van der Waals surface area contributed by atoms with Crippen LogP contribution in [-0.2, 0) is 14.3 Å². The SMILES string of the molecule is CC1(O)OC(=O)C(c2ccccc2Cl)=C1C1CCOCC1. The molecule has 21 heavy (non-hydrogen) atoms. The number of hydrogen-bond acceptors (Lipinski definition) is 4. The molecule has 2 aliphatic rings. The second-order valence-corrected chi connectivity index (χ2v) is 5.93. The Balaban J connectivity index is 2.15. The van der Waals surface area contributed by atoms with Gasteiger partial charge in [0.2, 0.25) is 5.79 Å². The first-order chi connectivity index (χ1) is 10.0. The van der Waals surface area contributed by atoms with E-state index in [4.69, 9.17) is 21.1 Å². The summed E-state index contributed by atoms with van der Waals surface area (Å²) in [6.07, 6.45) is 1.52. The van der Waals surface area contributed by atoms with Crippen molar-refractivity contribution >= 4 is 23.1 Å². The maximum absolute atomic E-state index is 12.3. The van der Waals surface area contributed by atoms with Crippen LogP contribution >= 0.6 is 11.6 Å². The first-order valence-electron chi connectivity index (χ1n) is 7.03. The molecule has 3 rings (SSSR count). The lowest BCUT2D eigenvalue weighted by molar-refractivity contribution is -0.176. The molecular formula is C16H17ClO4. The van der Waals surface area contributed by atoms with Crippen LogP contribution in [0.3, 0.4) is 0 Å². The summed E-state index contributed by atoms with van der Waals surface area (Å²) in [5.74, 6) is -2.03. The van der Waals surface area contributed by atoms with Crippen LogP contribution in [0, 0.1) is 5.92 Å². The summed E-state index contributed by atoms with van der Waals surface area (Å²) in [5, 5.41) is 11.0. The summed E-state index contributed by atoms with van der Waals surface area (Å²) >= 11 is 6.22. The second kappa shape index (κ2) is 5.44. The summed E-state index contributed by atoms with van der Waals surface area (Å²) in [6, 6.07) is 7.13. The van der Waals surface area contributed by atoms with Gasteiger partial charge in [0.1, 0.15) is 0 Å². The zero-order valence-corrected chi connectivity index (χ0v) is 12.5. The molecule has 1 atom stereocenters. The number of cyclic esters (lactones) is 1. The van der Waals surface area contributed by atoms with E-state index in [2.05, 4.69) is 0 Å². The van der Waals surface area contributed by atoms with Crippen LogP contribution < -0.4 is 0 Å². The average molecular weight is 309 g/mol. The van der Waals surface area contributed by atoms with Gasteiger partial charge in [-0.05, 0) is 24.8 Å². The van der Waals surface area contributed by atoms with E-state index < -0.39 is 11.8 Å². The Kier molecular flexibility index (Phi) is 3.78. The van der Waals surface area contributed by atoms with E-state index in [9.17, 15) is 9.90 Å². The molecule has 0 saturated carbocycles. The number of ether oxygens (including phenoxy) is 2. The zero-order valence-electron chi connectivity index (χ0n) is 11.8. The van der Waals surface area contributed by atoms with Gasteiger partial charge in [0, 0.05) is 36.3 Å². The van der Waals surface area contributed by atoms with E-state index in [1.807, 2.05) is 6.07 Å². The normalized spacial score (nSPS) is 27.1. The third-order valence-corrected chi connectivity index (χ3v) is 4.37. The molecule has 0 bridgehead atoms.